The van der Waals surface area contributed by atoms with Gasteiger partial charge in [-0.25, -0.2) is 8.42 Å². The van der Waals surface area contributed by atoms with Crippen LogP contribution < -0.4 is 9.62 Å². The van der Waals surface area contributed by atoms with Crippen molar-refractivity contribution in [1.82, 2.24) is 5.32 Å². The largest absolute Gasteiger partial charge is 0.455 e. The van der Waals surface area contributed by atoms with Gasteiger partial charge in [0.05, 0.1) is 36.3 Å². The summed E-state index contributed by atoms with van der Waals surface area (Å²) in [4.78, 5) is 12.8. The fourth-order valence-electron chi connectivity index (χ4n) is 4.06. The van der Waals surface area contributed by atoms with Gasteiger partial charge in [0.2, 0.25) is 10.0 Å². The zero-order chi connectivity index (χ0) is 22.3. The smallest absolute Gasteiger partial charge is 0.255 e. The van der Waals surface area contributed by atoms with Crippen LogP contribution in [-0.4, -0.2) is 40.3 Å². The van der Waals surface area contributed by atoms with Crippen LogP contribution in [0.5, 0.6) is 0 Å². The summed E-state index contributed by atoms with van der Waals surface area (Å²) in [5.41, 5.74) is 2.87. The molecule has 2 atom stereocenters. The Hall–Kier alpha value is -2.84. The molecule has 2 aromatic carbocycles. The van der Waals surface area contributed by atoms with Crippen LogP contribution in [0.3, 0.4) is 0 Å². The number of hydrogen-bond acceptors (Lipinski definition) is 5. The van der Waals surface area contributed by atoms with Crippen LogP contribution in [0, 0.1) is 0 Å². The summed E-state index contributed by atoms with van der Waals surface area (Å²) in [5, 5.41) is 3.31. The van der Waals surface area contributed by atoms with Gasteiger partial charge in [-0.3, -0.25) is 9.10 Å². The van der Waals surface area contributed by atoms with Crippen LogP contribution in [0.2, 0.25) is 0 Å². The summed E-state index contributed by atoms with van der Waals surface area (Å²) in [6.45, 7) is 4.10. The molecule has 7 nitrogen and oxygen atoms in total. The van der Waals surface area contributed by atoms with Gasteiger partial charge in [-0.05, 0) is 19.4 Å². The number of nitrogens with zero attached hydrogens (tertiary/aromatic N) is 1. The third-order valence-corrected chi connectivity index (χ3v) is 6.80. The van der Waals surface area contributed by atoms with Crippen LogP contribution >= 0.6 is 0 Å². The van der Waals surface area contributed by atoms with Crippen molar-refractivity contribution in [3.05, 3.63) is 53.6 Å². The fraction of sp³-hybridized carbons (Fsp3) is 0.348. The number of rotatable bonds is 4. The highest BCUT2D eigenvalue weighted by Crippen LogP contribution is 2.42. The highest BCUT2D eigenvalue weighted by Gasteiger charge is 2.33. The first-order chi connectivity index (χ1) is 14.7. The molecule has 0 bridgehead atoms. The van der Waals surface area contributed by atoms with E-state index >= 15 is 0 Å². The molecule has 0 saturated carbocycles. The summed E-state index contributed by atoms with van der Waals surface area (Å²) in [6.07, 6.45) is 1.30. The zero-order valence-electron chi connectivity index (χ0n) is 18.0. The van der Waals surface area contributed by atoms with Crippen molar-refractivity contribution in [3.8, 4) is 11.3 Å². The van der Waals surface area contributed by atoms with Crippen molar-refractivity contribution in [2.45, 2.75) is 32.5 Å². The van der Waals surface area contributed by atoms with Crippen LogP contribution in [0.1, 0.15) is 42.3 Å². The quantitative estimate of drug-likeness (QED) is 0.657. The summed E-state index contributed by atoms with van der Waals surface area (Å²) in [5.74, 6) is 0.173. The SMILES string of the molecule is CC[C@@H]1CN(S(C)(=O)=O)c2cc3oc(-c4ccccc4)c(C(=O)NC)c3cc2[C@H](C)O1. The molecule has 0 unspecified atom stereocenters. The molecule has 4 rings (SSSR count). The second-order valence-electron chi connectivity index (χ2n) is 7.76. The molecule has 0 spiro atoms. The first kappa shape index (κ1) is 21.4. The zero-order valence-corrected chi connectivity index (χ0v) is 18.8. The molecule has 1 aliphatic heterocycles. The average Bonchev–Trinajstić information content (AvgIpc) is 3.06. The maximum absolute atomic E-state index is 12.8. The summed E-state index contributed by atoms with van der Waals surface area (Å²) in [6, 6.07) is 12.9. The molecule has 8 heteroatoms. The Bertz CT molecular complexity index is 1230. The van der Waals surface area contributed by atoms with Gasteiger partial charge in [-0.1, -0.05) is 37.3 Å². The predicted octanol–water partition coefficient (Wildman–Crippen LogP) is 4.10. The van der Waals surface area contributed by atoms with Crippen molar-refractivity contribution in [1.29, 1.82) is 0 Å². The Morgan fingerprint density at radius 2 is 1.94 bits per heavy atom. The summed E-state index contributed by atoms with van der Waals surface area (Å²) >= 11 is 0. The van der Waals surface area contributed by atoms with E-state index in [0.29, 0.717) is 40.0 Å². The number of nitrogens with one attached hydrogen (secondary N) is 1. The van der Waals surface area contributed by atoms with Gasteiger partial charge < -0.3 is 14.5 Å². The number of furan rings is 1. The van der Waals surface area contributed by atoms with Gasteiger partial charge in [-0.15, -0.1) is 0 Å². The number of carbonyl (C=O) groups is 1. The second-order valence-corrected chi connectivity index (χ2v) is 9.67. The maximum atomic E-state index is 12.8. The van der Waals surface area contributed by atoms with E-state index in [1.165, 1.54) is 10.6 Å². The fourth-order valence-corrected chi connectivity index (χ4v) is 5.01. The molecule has 0 radical (unpaired) electrons. The Labute approximate surface area is 182 Å². The number of sulfonamides is 1. The maximum Gasteiger partial charge on any atom is 0.255 e. The standard InChI is InChI=1S/C23H26N2O5S/c1-5-16-13-25(31(4,27)28)19-12-20-18(11-17(19)14(2)29-16)21(23(26)24-3)22(30-20)15-9-7-6-8-10-15/h6-12,14,16H,5,13H2,1-4H3,(H,24,26)/t14-,16+/m0/s1. The van der Waals surface area contributed by atoms with E-state index < -0.39 is 10.0 Å². The topological polar surface area (TPSA) is 88.9 Å². The highest BCUT2D eigenvalue weighted by molar-refractivity contribution is 7.92. The Morgan fingerprint density at radius 1 is 1.23 bits per heavy atom. The first-order valence-corrected chi connectivity index (χ1v) is 12.1. The Kier molecular flexibility index (Phi) is 5.53. The third-order valence-electron chi connectivity index (χ3n) is 5.66. The molecule has 0 fully saturated rings. The van der Waals surface area contributed by atoms with Crippen molar-refractivity contribution >= 4 is 32.6 Å². The van der Waals surface area contributed by atoms with E-state index in [-0.39, 0.29) is 24.7 Å². The van der Waals surface area contributed by atoms with E-state index in [0.717, 1.165) is 5.56 Å². The van der Waals surface area contributed by atoms with E-state index in [1.54, 1.807) is 13.1 Å². The molecule has 1 aromatic heterocycles. The van der Waals surface area contributed by atoms with Gasteiger partial charge in [0, 0.05) is 29.6 Å². The van der Waals surface area contributed by atoms with Crippen LogP contribution in [0.15, 0.2) is 46.9 Å². The molecule has 1 amide bonds. The van der Waals surface area contributed by atoms with Crippen LogP contribution in [-0.2, 0) is 14.8 Å². The number of fused-ring (bicyclic) bond motifs is 2. The summed E-state index contributed by atoms with van der Waals surface area (Å²) < 4.78 is 38.9. The molecule has 1 aliphatic rings. The Morgan fingerprint density at radius 3 is 2.55 bits per heavy atom. The monoisotopic (exact) mass is 442 g/mol. The van der Waals surface area contributed by atoms with Crippen molar-refractivity contribution in [3.63, 3.8) is 0 Å². The highest BCUT2D eigenvalue weighted by atomic mass is 32.2. The number of hydrogen-bond donors (Lipinski definition) is 1. The molecular weight excluding hydrogens is 416 g/mol. The van der Waals surface area contributed by atoms with Crippen LogP contribution in [0.25, 0.3) is 22.3 Å². The summed E-state index contributed by atoms with van der Waals surface area (Å²) in [7, 11) is -1.97. The molecule has 0 aliphatic carbocycles. The number of amides is 1. The molecule has 164 valence electrons. The predicted molar refractivity (Wildman–Crippen MR) is 121 cm³/mol. The van der Waals surface area contributed by atoms with E-state index in [9.17, 15) is 13.2 Å². The van der Waals surface area contributed by atoms with E-state index in [2.05, 4.69) is 5.32 Å². The first-order valence-electron chi connectivity index (χ1n) is 10.3. The number of benzene rings is 2. The van der Waals surface area contributed by atoms with Gasteiger partial charge in [0.15, 0.2) is 0 Å². The normalized spacial score (nSPS) is 19.2. The third kappa shape index (κ3) is 3.81. The minimum atomic E-state index is -3.54. The second kappa shape index (κ2) is 8.01. The minimum absolute atomic E-state index is 0.229. The molecule has 31 heavy (non-hydrogen) atoms. The lowest BCUT2D eigenvalue weighted by atomic mass is 10.0. The molecule has 2 heterocycles. The average molecular weight is 443 g/mol. The molecule has 1 N–H and O–H groups in total. The lowest BCUT2D eigenvalue weighted by Crippen LogP contribution is -2.36. The van der Waals surface area contributed by atoms with Gasteiger partial charge in [0.25, 0.3) is 5.91 Å². The Balaban J connectivity index is 2.02. The van der Waals surface area contributed by atoms with E-state index in [1.807, 2.05) is 50.2 Å². The lowest BCUT2D eigenvalue weighted by molar-refractivity contribution is 0.00493. The molecule has 3 aromatic rings. The number of anilines is 1. The molecular formula is C23H26N2O5S. The number of ether oxygens (including phenoxy) is 1. The van der Waals surface area contributed by atoms with Gasteiger partial charge >= 0.3 is 0 Å². The van der Waals surface area contributed by atoms with Crippen molar-refractivity contribution in [2.75, 3.05) is 24.2 Å². The minimum Gasteiger partial charge on any atom is -0.455 e. The van der Waals surface area contributed by atoms with Crippen LogP contribution in [0.4, 0.5) is 5.69 Å². The lowest BCUT2D eigenvalue weighted by Gasteiger charge is -2.24. The van der Waals surface area contributed by atoms with Gasteiger partial charge in [0.1, 0.15) is 11.3 Å². The van der Waals surface area contributed by atoms with Gasteiger partial charge in [-0.2, -0.15) is 0 Å². The number of carbonyl (C=O) groups excluding carboxylic acids is 1. The van der Waals surface area contributed by atoms with E-state index in [4.69, 9.17) is 9.15 Å². The van der Waals surface area contributed by atoms with Crippen molar-refractivity contribution in [2.24, 2.45) is 0 Å². The molecule has 0 saturated heterocycles. The van der Waals surface area contributed by atoms with Crippen molar-refractivity contribution < 1.29 is 22.4 Å².